The number of hydrogen-bond donors (Lipinski definition) is 0. The van der Waals surface area contributed by atoms with Crippen LogP contribution in [0.4, 0.5) is 0 Å². The van der Waals surface area contributed by atoms with E-state index in [0.29, 0.717) is 22.3 Å². The quantitative estimate of drug-likeness (QED) is 0.612. The summed E-state index contributed by atoms with van der Waals surface area (Å²) in [5, 5.41) is 8.94. The SMILES string of the molecule is CCOC(=S)Sc1cc(OC)ccc1C#N. The summed E-state index contributed by atoms with van der Waals surface area (Å²) in [5.74, 6) is 0.695. The number of thiocarbonyl (C=S) groups is 1. The topological polar surface area (TPSA) is 42.2 Å². The van der Waals surface area contributed by atoms with Crippen molar-refractivity contribution >= 4 is 28.4 Å². The Morgan fingerprint density at radius 1 is 1.56 bits per heavy atom. The highest BCUT2D eigenvalue weighted by Crippen LogP contribution is 2.28. The smallest absolute Gasteiger partial charge is 0.224 e. The lowest BCUT2D eigenvalue weighted by molar-refractivity contribution is 0.346. The summed E-state index contributed by atoms with van der Waals surface area (Å²) in [7, 11) is 1.58. The molecule has 0 saturated carbocycles. The van der Waals surface area contributed by atoms with Gasteiger partial charge in [-0.3, -0.25) is 0 Å². The third-order valence-corrected chi connectivity index (χ3v) is 2.97. The molecule has 3 nitrogen and oxygen atoms in total. The number of hydrogen-bond acceptors (Lipinski definition) is 5. The molecule has 1 aromatic carbocycles. The summed E-state index contributed by atoms with van der Waals surface area (Å²) in [5.41, 5.74) is 0.563. The second-order valence-corrected chi connectivity index (χ2v) is 4.40. The first kappa shape index (κ1) is 12.8. The molecule has 1 aromatic rings. The van der Waals surface area contributed by atoms with Crippen LogP contribution < -0.4 is 4.74 Å². The van der Waals surface area contributed by atoms with E-state index in [1.54, 1.807) is 25.3 Å². The highest BCUT2D eigenvalue weighted by Gasteiger charge is 2.08. The van der Waals surface area contributed by atoms with Gasteiger partial charge in [0.05, 0.1) is 19.3 Å². The van der Waals surface area contributed by atoms with Crippen LogP contribution in [0.1, 0.15) is 12.5 Å². The van der Waals surface area contributed by atoms with Crippen LogP contribution in [0, 0.1) is 11.3 Å². The summed E-state index contributed by atoms with van der Waals surface area (Å²) in [6.45, 7) is 2.39. The second-order valence-electron chi connectivity index (χ2n) is 2.76. The predicted molar refractivity (Wildman–Crippen MR) is 67.8 cm³/mol. The minimum atomic E-state index is 0.409. The molecular formula is C11H11NO2S2. The molecule has 5 heteroatoms. The molecule has 0 saturated heterocycles. The Hall–Kier alpha value is -1.25. The van der Waals surface area contributed by atoms with Crippen molar-refractivity contribution in [1.82, 2.24) is 0 Å². The van der Waals surface area contributed by atoms with Crippen LogP contribution in [0.5, 0.6) is 5.75 Å². The number of methoxy groups -OCH3 is 1. The summed E-state index contributed by atoms with van der Waals surface area (Å²) < 4.78 is 10.7. The third-order valence-electron chi connectivity index (χ3n) is 1.76. The minimum absolute atomic E-state index is 0.409. The zero-order valence-corrected chi connectivity index (χ0v) is 10.7. The third kappa shape index (κ3) is 3.40. The Kier molecular flexibility index (Phi) is 5.09. The van der Waals surface area contributed by atoms with E-state index < -0.39 is 0 Å². The minimum Gasteiger partial charge on any atom is -0.497 e. The molecule has 0 aliphatic heterocycles. The van der Waals surface area contributed by atoms with Gasteiger partial charge in [0.2, 0.25) is 4.38 Å². The van der Waals surface area contributed by atoms with Crippen LogP contribution in [0.15, 0.2) is 23.1 Å². The molecular weight excluding hydrogens is 242 g/mol. The summed E-state index contributed by atoms with van der Waals surface area (Å²) in [6.07, 6.45) is 0. The van der Waals surface area contributed by atoms with Crippen LogP contribution in [0.3, 0.4) is 0 Å². The van der Waals surface area contributed by atoms with Gasteiger partial charge in [-0.05, 0) is 49.1 Å². The number of rotatable bonds is 3. The van der Waals surface area contributed by atoms with Crippen LogP contribution in [0.2, 0.25) is 0 Å². The molecule has 0 atom stereocenters. The lowest BCUT2D eigenvalue weighted by atomic mass is 10.2. The van der Waals surface area contributed by atoms with Crippen molar-refractivity contribution < 1.29 is 9.47 Å². The Morgan fingerprint density at radius 3 is 2.88 bits per heavy atom. The number of nitrogens with zero attached hydrogens (tertiary/aromatic N) is 1. The maximum Gasteiger partial charge on any atom is 0.224 e. The highest BCUT2D eigenvalue weighted by molar-refractivity contribution is 8.22. The molecule has 16 heavy (non-hydrogen) atoms. The molecule has 0 heterocycles. The van der Waals surface area contributed by atoms with Gasteiger partial charge in [0, 0.05) is 4.90 Å². The summed E-state index contributed by atoms with van der Waals surface area (Å²) in [4.78, 5) is 0.750. The number of nitriles is 1. The molecule has 0 fully saturated rings. The van der Waals surface area contributed by atoms with Gasteiger partial charge < -0.3 is 9.47 Å². The van der Waals surface area contributed by atoms with E-state index in [9.17, 15) is 0 Å². The zero-order valence-electron chi connectivity index (χ0n) is 9.02. The van der Waals surface area contributed by atoms with Crippen molar-refractivity contribution in [2.24, 2.45) is 0 Å². The molecule has 0 aliphatic carbocycles. The van der Waals surface area contributed by atoms with Crippen LogP contribution in [-0.4, -0.2) is 18.1 Å². The Bertz CT molecular complexity index is 426. The molecule has 0 aromatic heterocycles. The lowest BCUT2D eigenvalue weighted by Gasteiger charge is -2.07. The molecule has 0 spiro atoms. The van der Waals surface area contributed by atoms with Crippen LogP contribution in [0.25, 0.3) is 0 Å². The van der Waals surface area contributed by atoms with Gasteiger partial charge in [-0.1, -0.05) is 0 Å². The largest absolute Gasteiger partial charge is 0.497 e. The van der Waals surface area contributed by atoms with Crippen molar-refractivity contribution in [2.45, 2.75) is 11.8 Å². The van der Waals surface area contributed by atoms with Crippen molar-refractivity contribution in [3.63, 3.8) is 0 Å². The van der Waals surface area contributed by atoms with Crippen molar-refractivity contribution in [3.05, 3.63) is 23.8 Å². The van der Waals surface area contributed by atoms with Crippen molar-refractivity contribution in [2.75, 3.05) is 13.7 Å². The molecule has 0 unspecified atom stereocenters. The summed E-state index contributed by atoms with van der Waals surface area (Å²) in [6, 6.07) is 7.32. The fraction of sp³-hybridized carbons (Fsp3) is 0.273. The summed E-state index contributed by atoms with van der Waals surface area (Å²) >= 11 is 6.27. The van der Waals surface area contributed by atoms with Crippen LogP contribution >= 0.6 is 24.0 Å². The van der Waals surface area contributed by atoms with Gasteiger partial charge in [-0.25, -0.2) is 0 Å². The molecule has 0 amide bonds. The molecule has 0 radical (unpaired) electrons. The number of benzene rings is 1. The van der Waals surface area contributed by atoms with Gasteiger partial charge in [0.15, 0.2) is 0 Å². The first-order chi connectivity index (χ1) is 7.71. The molecule has 84 valence electrons. The fourth-order valence-corrected chi connectivity index (χ4v) is 2.19. The number of ether oxygens (including phenoxy) is 2. The van der Waals surface area contributed by atoms with Crippen molar-refractivity contribution in [3.8, 4) is 11.8 Å². The van der Waals surface area contributed by atoms with Gasteiger partial charge in [0.1, 0.15) is 11.8 Å². The second kappa shape index (κ2) is 6.36. The predicted octanol–water partition coefficient (Wildman–Crippen LogP) is 2.98. The first-order valence-electron chi connectivity index (χ1n) is 4.64. The average Bonchev–Trinajstić information content (AvgIpc) is 2.29. The van der Waals surface area contributed by atoms with E-state index in [-0.39, 0.29) is 0 Å². The molecule has 0 aliphatic rings. The van der Waals surface area contributed by atoms with E-state index in [0.717, 1.165) is 4.90 Å². The number of thioether (sulfide) groups is 1. The molecule has 0 bridgehead atoms. The average molecular weight is 253 g/mol. The Balaban J connectivity index is 2.92. The fourth-order valence-electron chi connectivity index (χ4n) is 1.04. The maximum atomic E-state index is 8.94. The maximum absolute atomic E-state index is 8.94. The van der Waals surface area contributed by atoms with E-state index in [4.69, 9.17) is 27.0 Å². The van der Waals surface area contributed by atoms with Crippen molar-refractivity contribution in [1.29, 1.82) is 5.26 Å². The zero-order chi connectivity index (χ0) is 12.0. The van der Waals surface area contributed by atoms with E-state index >= 15 is 0 Å². The van der Waals surface area contributed by atoms with E-state index in [1.165, 1.54) is 11.8 Å². The van der Waals surface area contributed by atoms with E-state index in [1.807, 2.05) is 6.92 Å². The standard InChI is InChI=1S/C11H11NO2S2/c1-3-14-11(15)16-10-6-9(13-2)5-4-8(10)7-12/h4-6H,3H2,1-2H3. The lowest BCUT2D eigenvalue weighted by Crippen LogP contribution is -1.96. The van der Waals surface area contributed by atoms with Gasteiger partial charge in [-0.15, -0.1) is 0 Å². The molecule has 0 N–H and O–H groups in total. The molecule has 1 rings (SSSR count). The Labute approximate surface area is 104 Å². The van der Waals surface area contributed by atoms with Gasteiger partial charge in [0.25, 0.3) is 0 Å². The highest BCUT2D eigenvalue weighted by atomic mass is 32.2. The van der Waals surface area contributed by atoms with Gasteiger partial charge >= 0.3 is 0 Å². The monoisotopic (exact) mass is 253 g/mol. The Morgan fingerprint density at radius 2 is 2.31 bits per heavy atom. The normalized spacial score (nSPS) is 9.31. The van der Waals surface area contributed by atoms with Crippen LogP contribution in [-0.2, 0) is 4.74 Å². The first-order valence-corrected chi connectivity index (χ1v) is 5.86. The van der Waals surface area contributed by atoms with E-state index in [2.05, 4.69) is 6.07 Å². The van der Waals surface area contributed by atoms with Gasteiger partial charge in [-0.2, -0.15) is 5.26 Å².